The molecule has 41 heavy (non-hydrogen) atoms. The molecule has 0 saturated carbocycles. The minimum Gasteiger partial charge on any atom is -0.497 e. The van der Waals surface area contributed by atoms with Crippen LogP contribution in [0.15, 0.2) is 133 Å². The maximum absolute atomic E-state index is 5.56. The highest BCUT2D eigenvalue weighted by atomic mass is 31.1. The fraction of sp³-hybridized carbons (Fsp3) is 0.0256. The lowest BCUT2D eigenvalue weighted by Crippen LogP contribution is -2.22. The second kappa shape index (κ2) is 8.64. The summed E-state index contributed by atoms with van der Waals surface area (Å²) < 4.78 is 5.56. The largest absolute Gasteiger partial charge is 0.497 e. The number of ether oxygens (including phenoxy) is 1. The molecule has 0 radical (unpaired) electrons. The van der Waals surface area contributed by atoms with Crippen LogP contribution < -0.4 is 20.7 Å². The van der Waals surface area contributed by atoms with Gasteiger partial charge in [-0.3, -0.25) is 0 Å². The van der Waals surface area contributed by atoms with Gasteiger partial charge in [-0.2, -0.15) is 0 Å². The molecular formula is C39H25OP. The van der Waals surface area contributed by atoms with Crippen molar-refractivity contribution in [3.8, 4) is 5.75 Å². The van der Waals surface area contributed by atoms with Crippen LogP contribution in [-0.4, -0.2) is 7.11 Å². The topological polar surface area (TPSA) is 9.23 Å². The maximum atomic E-state index is 5.56. The molecule has 0 amide bonds. The second-order valence-electron chi connectivity index (χ2n) is 10.9. The second-order valence-corrected chi connectivity index (χ2v) is 13.1. The molecule has 0 heterocycles. The molecule has 0 unspecified atom stereocenters. The predicted octanol–water partition coefficient (Wildman–Crippen LogP) is 9.25. The van der Waals surface area contributed by atoms with Crippen molar-refractivity contribution in [3.05, 3.63) is 133 Å². The lowest BCUT2D eigenvalue weighted by atomic mass is 9.94. The molecule has 192 valence electrons. The summed E-state index contributed by atoms with van der Waals surface area (Å²) in [6.45, 7) is 0. The third-order valence-electron chi connectivity index (χ3n) is 8.82. The molecule has 2 heteroatoms. The molecular weight excluding hydrogens is 515 g/mol. The third-order valence-corrected chi connectivity index (χ3v) is 11.4. The van der Waals surface area contributed by atoms with Gasteiger partial charge in [0.25, 0.3) is 0 Å². The van der Waals surface area contributed by atoms with E-state index in [1.54, 1.807) is 7.11 Å². The first-order valence-electron chi connectivity index (χ1n) is 14.1. The number of hydrogen-bond donors (Lipinski definition) is 0. The Morgan fingerprint density at radius 1 is 0.390 bits per heavy atom. The Morgan fingerprint density at radius 3 is 1.22 bits per heavy atom. The minimum atomic E-state index is -0.873. The van der Waals surface area contributed by atoms with E-state index in [0.29, 0.717) is 0 Å². The molecule has 0 spiro atoms. The van der Waals surface area contributed by atoms with Gasteiger partial charge in [-0.15, -0.1) is 0 Å². The Labute approximate surface area is 239 Å². The number of hydrogen-bond acceptors (Lipinski definition) is 1. The van der Waals surface area contributed by atoms with E-state index in [2.05, 4.69) is 133 Å². The van der Waals surface area contributed by atoms with Crippen molar-refractivity contribution in [3.63, 3.8) is 0 Å². The number of methoxy groups -OCH3 is 1. The van der Waals surface area contributed by atoms with Crippen LogP contribution >= 0.6 is 7.92 Å². The van der Waals surface area contributed by atoms with Gasteiger partial charge in [-0.25, -0.2) is 0 Å². The Morgan fingerprint density at radius 2 is 0.780 bits per heavy atom. The summed E-state index contributed by atoms with van der Waals surface area (Å²) in [6.07, 6.45) is 0. The SMILES string of the molecule is COc1ccc(P(c2ccc3ccc4cccc5ccc2c3c45)c2ccc3ccc4cccc5ccc2c3c45)cc1. The van der Waals surface area contributed by atoms with Crippen molar-refractivity contribution in [2.75, 3.05) is 7.11 Å². The van der Waals surface area contributed by atoms with Crippen LogP contribution in [0, 0.1) is 0 Å². The van der Waals surface area contributed by atoms with E-state index in [1.165, 1.54) is 80.5 Å². The monoisotopic (exact) mass is 540 g/mol. The van der Waals surface area contributed by atoms with Crippen LogP contribution in [0.3, 0.4) is 0 Å². The van der Waals surface area contributed by atoms with Crippen LogP contribution in [0.4, 0.5) is 0 Å². The zero-order valence-electron chi connectivity index (χ0n) is 22.6. The quantitative estimate of drug-likeness (QED) is 0.160. The first kappa shape index (κ1) is 23.0. The summed E-state index contributed by atoms with van der Waals surface area (Å²) >= 11 is 0. The van der Waals surface area contributed by atoms with E-state index < -0.39 is 7.92 Å². The van der Waals surface area contributed by atoms with Crippen molar-refractivity contribution in [2.24, 2.45) is 0 Å². The highest BCUT2D eigenvalue weighted by Gasteiger charge is 2.24. The Kier molecular flexibility index (Phi) is 4.86. The standard InChI is InChI=1S/C39H25OP/c1-40-30-16-18-31(19-17-30)41(34-22-14-28-10-8-24-4-2-6-26-12-20-32(34)38(28)36(24)26)35-23-15-29-11-9-25-5-3-7-27-13-21-33(35)39(29)37(25)27/h2-23H,1H3. The van der Waals surface area contributed by atoms with Crippen LogP contribution in [0.2, 0.25) is 0 Å². The van der Waals surface area contributed by atoms with E-state index in [1.807, 2.05) is 0 Å². The maximum Gasteiger partial charge on any atom is 0.118 e. The number of rotatable bonds is 4. The van der Waals surface area contributed by atoms with Gasteiger partial charge in [0.15, 0.2) is 0 Å². The molecule has 0 bridgehead atoms. The molecule has 9 rings (SSSR count). The normalized spacial score (nSPS) is 12.2. The Hall–Kier alpha value is -4.71. The molecule has 1 nitrogen and oxygen atoms in total. The number of benzene rings is 9. The lowest BCUT2D eigenvalue weighted by molar-refractivity contribution is 0.415. The van der Waals surface area contributed by atoms with Gasteiger partial charge >= 0.3 is 0 Å². The molecule has 0 atom stereocenters. The predicted molar refractivity (Wildman–Crippen MR) is 179 cm³/mol. The van der Waals surface area contributed by atoms with Gasteiger partial charge in [0, 0.05) is 0 Å². The van der Waals surface area contributed by atoms with Gasteiger partial charge in [0.1, 0.15) is 5.75 Å². The van der Waals surface area contributed by atoms with Crippen molar-refractivity contribution in [1.82, 2.24) is 0 Å². The molecule has 0 saturated heterocycles. The van der Waals surface area contributed by atoms with Crippen molar-refractivity contribution < 1.29 is 4.74 Å². The van der Waals surface area contributed by atoms with E-state index in [0.717, 1.165) is 5.75 Å². The Bertz CT molecular complexity index is 2220. The summed E-state index contributed by atoms with van der Waals surface area (Å²) in [4.78, 5) is 0. The molecule has 0 aliphatic rings. The van der Waals surface area contributed by atoms with Crippen LogP contribution in [0.5, 0.6) is 5.75 Å². The zero-order valence-corrected chi connectivity index (χ0v) is 23.5. The van der Waals surface area contributed by atoms with Crippen LogP contribution in [-0.2, 0) is 0 Å². The zero-order chi connectivity index (χ0) is 27.1. The molecule has 0 aromatic heterocycles. The summed E-state index contributed by atoms with van der Waals surface area (Å²) in [5.74, 6) is 0.884. The fourth-order valence-electron chi connectivity index (χ4n) is 6.97. The molecule has 9 aromatic carbocycles. The summed E-state index contributed by atoms with van der Waals surface area (Å²) in [5, 5.41) is 20.1. The molecule has 0 N–H and O–H groups in total. The summed E-state index contributed by atoms with van der Waals surface area (Å²) in [7, 11) is 0.862. The fourth-order valence-corrected chi connectivity index (χ4v) is 9.53. The highest BCUT2D eigenvalue weighted by molar-refractivity contribution is 7.80. The van der Waals surface area contributed by atoms with E-state index in [9.17, 15) is 0 Å². The van der Waals surface area contributed by atoms with Crippen LogP contribution in [0.25, 0.3) is 64.6 Å². The third kappa shape index (κ3) is 3.27. The first-order chi connectivity index (χ1) is 20.3. The summed E-state index contributed by atoms with van der Waals surface area (Å²) in [6, 6.07) is 49.9. The lowest BCUT2D eigenvalue weighted by Gasteiger charge is -2.25. The average molecular weight is 541 g/mol. The van der Waals surface area contributed by atoms with Crippen molar-refractivity contribution in [1.29, 1.82) is 0 Å². The average Bonchev–Trinajstić information content (AvgIpc) is 3.04. The summed E-state index contributed by atoms with van der Waals surface area (Å²) in [5.41, 5.74) is 0. The van der Waals surface area contributed by atoms with Crippen LogP contribution in [0.1, 0.15) is 0 Å². The van der Waals surface area contributed by atoms with Gasteiger partial charge in [0.2, 0.25) is 0 Å². The van der Waals surface area contributed by atoms with Gasteiger partial charge in [-0.1, -0.05) is 121 Å². The molecule has 0 aliphatic heterocycles. The van der Waals surface area contributed by atoms with Gasteiger partial charge < -0.3 is 4.74 Å². The smallest absolute Gasteiger partial charge is 0.118 e. The molecule has 0 fully saturated rings. The van der Waals surface area contributed by atoms with Crippen molar-refractivity contribution in [2.45, 2.75) is 0 Å². The Balaban J connectivity index is 1.41. The minimum absolute atomic E-state index is 0.873. The van der Waals surface area contributed by atoms with Gasteiger partial charge in [-0.05, 0) is 101 Å². The molecule has 9 aromatic rings. The highest BCUT2D eigenvalue weighted by Crippen LogP contribution is 2.44. The van der Waals surface area contributed by atoms with E-state index >= 15 is 0 Å². The molecule has 0 aliphatic carbocycles. The van der Waals surface area contributed by atoms with E-state index in [4.69, 9.17) is 4.74 Å². The first-order valence-corrected chi connectivity index (χ1v) is 15.4. The van der Waals surface area contributed by atoms with E-state index in [-0.39, 0.29) is 0 Å². The van der Waals surface area contributed by atoms with Gasteiger partial charge in [0.05, 0.1) is 7.11 Å². The van der Waals surface area contributed by atoms with Crippen molar-refractivity contribution >= 4 is 88.5 Å².